The molecular formula is C29H35N7O2S3. The number of nitrogens with one attached hydrogen (secondary N) is 2. The van der Waals surface area contributed by atoms with Crippen molar-refractivity contribution >= 4 is 57.5 Å². The average Bonchev–Trinajstić information content (AvgIpc) is 3.52. The van der Waals surface area contributed by atoms with Gasteiger partial charge in [-0.3, -0.25) is 14.9 Å². The molecule has 0 aliphatic carbocycles. The van der Waals surface area contributed by atoms with Gasteiger partial charge in [0.25, 0.3) is 0 Å². The Labute approximate surface area is 253 Å². The van der Waals surface area contributed by atoms with Gasteiger partial charge in [-0.15, -0.1) is 20.4 Å². The van der Waals surface area contributed by atoms with E-state index in [0.717, 1.165) is 21.3 Å². The summed E-state index contributed by atoms with van der Waals surface area (Å²) in [4.78, 5) is 24.2. The van der Waals surface area contributed by atoms with Crippen molar-refractivity contribution in [1.82, 2.24) is 25.0 Å². The first-order valence-electron chi connectivity index (χ1n) is 13.2. The number of nitrogens with zero attached hydrogens (tertiary/aromatic N) is 5. The second-order valence-electron chi connectivity index (χ2n) is 10.7. The van der Waals surface area contributed by atoms with Crippen molar-refractivity contribution in [3.05, 3.63) is 58.7 Å². The molecule has 0 aliphatic rings. The molecule has 0 saturated carbocycles. The van der Waals surface area contributed by atoms with Crippen LogP contribution < -0.4 is 10.6 Å². The van der Waals surface area contributed by atoms with Gasteiger partial charge in [-0.05, 0) is 65.8 Å². The molecule has 0 spiro atoms. The van der Waals surface area contributed by atoms with Crippen LogP contribution in [0.5, 0.6) is 0 Å². The third-order valence-corrected chi connectivity index (χ3v) is 9.49. The molecule has 0 radical (unpaired) electrons. The molecule has 0 atom stereocenters. The van der Waals surface area contributed by atoms with E-state index in [1.807, 2.05) is 42.8 Å². The Balaban J connectivity index is 1.29. The van der Waals surface area contributed by atoms with Crippen LogP contribution in [0.3, 0.4) is 0 Å². The monoisotopic (exact) mass is 609 g/mol. The highest BCUT2D eigenvalue weighted by Crippen LogP contribution is 2.33. The van der Waals surface area contributed by atoms with E-state index >= 15 is 0 Å². The molecule has 2 aromatic carbocycles. The number of amides is 2. The summed E-state index contributed by atoms with van der Waals surface area (Å²) in [6.07, 6.45) is 0.421. The summed E-state index contributed by atoms with van der Waals surface area (Å²) < 4.78 is 2.65. The van der Waals surface area contributed by atoms with Crippen LogP contribution in [0.1, 0.15) is 56.4 Å². The van der Waals surface area contributed by atoms with Crippen LogP contribution in [0.4, 0.5) is 10.8 Å². The van der Waals surface area contributed by atoms with E-state index in [0.29, 0.717) is 22.5 Å². The van der Waals surface area contributed by atoms with E-state index in [1.54, 1.807) is 11.8 Å². The van der Waals surface area contributed by atoms with E-state index in [2.05, 4.69) is 77.8 Å². The fraction of sp³-hybridized carbons (Fsp3) is 0.379. The van der Waals surface area contributed by atoms with Crippen LogP contribution in [0, 0.1) is 13.8 Å². The molecule has 2 amide bonds. The molecule has 4 aromatic rings. The first kappa shape index (κ1) is 30.7. The molecular weight excluding hydrogens is 575 g/mol. The molecule has 2 aromatic heterocycles. The molecule has 0 fully saturated rings. The summed E-state index contributed by atoms with van der Waals surface area (Å²) in [5, 5.41) is 23.7. The van der Waals surface area contributed by atoms with Crippen LogP contribution in [-0.2, 0) is 27.8 Å². The lowest BCUT2D eigenvalue weighted by Gasteiger charge is -2.22. The zero-order valence-electron chi connectivity index (χ0n) is 24.4. The summed E-state index contributed by atoms with van der Waals surface area (Å²) >= 11 is 4.30. The summed E-state index contributed by atoms with van der Waals surface area (Å²) in [5.41, 5.74) is 6.91. The number of carbonyl (C=O) groups is 2. The lowest BCUT2D eigenvalue weighted by molar-refractivity contribution is -0.116. The number of thioether (sulfide) groups is 2. The second-order valence-corrected chi connectivity index (χ2v) is 13.8. The number of carbonyl (C=O) groups excluding carboxylic acids is 2. The minimum absolute atomic E-state index is 0.0380. The van der Waals surface area contributed by atoms with Gasteiger partial charge in [0, 0.05) is 30.5 Å². The molecule has 12 heteroatoms. The number of hydrogen-bond donors (Lipinski definition) is 2. The maximum absolute atomic E-state index is 12.6. The van der Waals surface area contributed by atoms with Gasteiger partial charge in [0.2, 0.25) is 16.9 Å². The molecule has 41 heavy (non-hydrogen) atoms. The molecule has 216 valence electrons. The number of hydrogen-bond acceptors (Lipinski definition) is 9. The number of benzene rings is 2. The molecule has 0 bridgehead atoms. The van der Waals surface area contributed by atoms with E-state index in [1.165, 1.54) is 45.4 Å². The minimum Gasteiger partial charge on any atom is -0.326 e. The van der Waals surface area contributed by atoms with Crippen molar-refractivity contribution in [1.29, 1.82) is 0 Å². The number of aryl methyl sites for hydroxylation is 2. The van der Waals surface area contributed by atoms with Crippen molar-refractivity contribution in [2.24, 2.45) is 7.05 Å². The van der Waals surface area contributed by atoms with E-state index in [9.17, 15) is 9.59 Å². The van der Waals surface area contributed by atoms with Gasteiger partial charge in [-0.1, -0.05) is 74.7 Å². The molecule has 2 N–H and O–H groups in total. The molecule has 2 heterocycles. The van der Waals surface area contributed by atoms with Gasteiger partial charge in [-0.25, -0.2) is 0 Å². The van der Waals surface area contributed by atoms with Gasteiger partial charge >= 0.3 is 0 Å². The lowest BCUT2D eigenvalue weighted by atomic mass is 9.84. The van der Waals surface area contributed by atoms with Gasteiger partial charge in [0.15, 0.2) is 15.3 Å². The molecule has 4 rings (SSSR count). The van der Waals surface area contributed by atoms with E-state index in [4.69, 9.17) is 0 Å². The maximum atomic E-state index is 12.6. The van der Waals surface area contributed by atoms with Gasteiger partial charge < -0.3 is 9.88 Å². The summed E-state index contributed by atoms with van der Waals surface area (Å²) in [6, 6.07) is 12.0. The first-order chi connectivity index (χ1) is 19.4. The lowest BCUT2D eigenvalue weighted by Crippen LogP contribution is -2.14. The van der Waals surface area contributed by atoms with Crippen LogP contribution in [0.2, 0.25) is 0 Å². The first-order valence-corrected chi connectivity index (χ1v) is 16.0. The number of aromatic nitrogens is 5. The summed E-state index contributed by atoms with van der Waals surface area (Å²) in [5.74, 6) is 1.40. The Bertz CT molecular complexity index is 1520. The van der Waals surface area contributed by atoms with Gasteiger partial charge in [-0.2, -0.15) is 0 Å². The Morgan fingerprint density at radius 2 is 1.61 bits per heavy atom. The Morgan fingerprint density at radius 1 is 0.927 bits per heavy atom. The van der Waals surface area contributed by atoms with Crippen LogP contribution in [0.15, 0.2) is 45.9 Å². The Hall–Kier alpha value is -3.22. The third kappa shape index (κ3) is 7.96. The number of rotatable bonds is 10. The highest BCUT2D eigenvalue weighted by molar-refractivity contribution is 8.00. The Morgan fingerprint density at radius 3 is 2.24 bits per heavy atom. The highest BCUT2D eigenvalue weighted by Gasteiger charge is 2.18. The van der Waals surface area contributed by atoms with E-state index < -0.39 is 0 Å². The third-order valence-electron chi connectivity index (χ3n) is 6.47. The summed E-state index contributed by atoms with van der Waals surface area (Å²) in [7, 11) is 1.86. The SMILES string of the molecule is CCC(=O)Nc1ccc(-c2nnc(SCC(=O)Nc3nnc(SCc4c(C)cc(C(C)(C)C)cc4C)s3)n2C)cc1. The molecule has 0 aliphatic heterocycles. The Kier molecular flexibility index (Phi) is 9.88. The van der Waals surface area contributed by atoms with E-state index in [-0.39, 0.29) is 23.0 Å². The highest BCUT2D eigenvalue weighted by atomic mass is 32.2. The summed E-state index contributed by atoms with van der Waals surface area (Å²) in [6.45, 7) is 12.8. The predicted molar refractivity (Wildman–Crippen MR) is 169 cm³/mol. The zero-order valence-corrected chi connectivity index (χ0v) is 26.8. The normalized spacial score (nSPS) is 11.5. The van der Waals surface area contributed by atoms with Crippen molar-refractivity contribution in [3.63, 3.8) is 0 Å². The smallest absolute Gasteiger partial charge is 0.236 e. The van der Waals surface area contributed by atoms with Gasteiger partial charge in [0.05, 0.1) is 5.75 Å². The largest absolute Gasteiger partial charge is 0.326 e. The van der Waals surface area contributed by atoms with Crippen molar-refractivity contribution in [2.75, 3.05) is 16.4 Å². The molecule has 0 unspecified atom stereocenters. The van der Waals surface area contributed by atoms with Crippen LogP contribution >= 0.6 is 34.9 Å². The molecule has 0 saturated heterocycles. The van der Waals surface area contributed by atoms with Crippen LogP contribution in [0.25, 0.3) is 11.4 Å². The number of anilines is 2. The quantitative estimate of drug-likeness (QED) is 0.152. The minimum atomic E-state index is -0.187. The van der Waals surface area contributed by atoms with Crippen molar-refractivity contribution < 1.29 is 9.59 Å². The topological polar surface area (TPSA) is 115 Å². The average molecular weight is 610 g/mol. The predicted octanol–water partition coefficient (Wildman–Crippen LogP) is 6.62. The zero-order chi connectivity index (χ0) is 29.7. The fourth-order valence-electron chi connectivity index (χ4n) is 4.04. The fourth-order valence-corrected chi connectivity index (χ4v) is 6.71. The maximum Gasteiger partial charge on any atom is 0.236 e. The second kappa shape index (κ2) is 13.2. The van der Waals surface area contributed by atoms with Crippen molar-refractivity contribution in [2.45, 2.75) is 68.6 Å². The van der Waals surface area contributed by atoms with Crippen molar-refractivity contribution in [3.8, 4) is 11.4 Å². The standard InChI is InChI=1S/C29H35N7O2S3/c1-8-23(37)30-21-11-9-19(10-12-21)25-32-34-27(36(25)7)39-16-24(38)31-26-33-35-28(41-26)40-15-22-17(2)13-20(14-18(22)3)29(4,5)6/h9-14H,8,15-16H2,1-7H3,(H,30,37)(H,31,33,38). The molecule has 9 nitrogen and oxygen atoms in total. The van der Waals surface area contributed by atoms with Crippen LogP contribution in [-0.4, -0.2) is 42.5 Å². The van der Waals surface area contributed by atoms with Gasteiger partial charge in [0.1, 0.15) is 0 Å².